The highest BCUT2D eigenvalue weighted by molar-refractivity contribution is 5.89. The van der Waals surface area contributed by atoms with Crippen molar-refractivity contribution < 1.29 is 9.90 Å². The van der Waals surface area contributed by atoms with Gasteiger partial charge >= 0.3 is 6.03 Å². The predicted octanol–water partition coefficient (Wildman–Crippen LogP) is 2.03. The van der Waals surface area contributed by atoms with Gasteiger partial charge in [0.25, 0.3) is 0 Å². The van der Waals surface area contributed by atoms with Crippen LogP contribution < -0.4 is 10.6 Å². The maximum absolute atomic E-state index is 11.8. The van der Waals surface area contributed by atoms with Crippen LogP contribution in [-0.2, 0) is 0 Å². The van der Waals surface area contributed by atoms with Gasteiger partial charge in [0.1, 0.15) is 0 Å². The van der Waals surface area contributed by atoms with Gasteiger partial charge in [0, 0.05) is 5.69 Å². The van der Waals surface area contributed by atoms with E-state index in [0.717, 1.165) is 30.5 Å². The molecule has 0 aliphatic heterocycles. The summed E-state index contributed by atoms with van der Waals surface area (Å²) in [6, 6.07) is 7.38. The SMILES string of the molecule is Cc1cccc(NC(=O)NC2(CO)CCC2)c1. The molecule has 0 unspecified atom stereocenters. The van der Waals surface area contributed by atoms with E-state index in [1.807, 2.05) is 31.2 Å². The zero-order chi connectivity index (χ0) is 12.3. The van der Waals surface area contributed by atoms with E-state index in [0.29, 0.717) is 0 Å². The Morgan fingerprint density at radius 2 is 2.24 bits per heavy atom. The van der Waals surface area contributed by atoms with E-state index in [1.165, 1.54) is 0 Å². The Balaban J connectivity index is 1.93. The number of aliphatic hydroxyl groups is 1. The maximum Gasteiger partial charge on any atom is 0.319 e. The molecule has 4 nitrogen and oxygen atoms in total. The average Bonchev–Trinajstić information content (AvgIpc) is 2.23. The van der Waals surface area contributed by atoms with Gasteiger partial charge < -0.3 is 15.7 Å². The lowest BCUT2D eigenvalue weighted by Crippen LogP contribution is -2.57. The van der Waals surface area contributed by atoms with Crippen LogP contribution in [-0.4, -0.2) is 23.3 Å². The van der Waals surface area contributed by atoms with Gasteiger partial charge in [-0.05, 0) is 43.9 Å². The van der Waals surface area contributed by atoms with Gasteiger partial charge in [-0.2, -0.15) is 0 Å². The molecule has 0 atom stereocenters. The summed E-state index contributed by atoms with van der Waals surface area (Å²) in [5.74, 6) is 0. The van der Waals surface area contributed by atoms with E-state index in [1.54, 1.807) is 0 Å². The summed E-state index contributed by atoms with van der Waals surface area (Å²) < 4.78 is 0. The minimum atomic E-state index is -0.395. The molecule has 0 spiro atoms. The first-order valence-corrected chi connectivity index (χ1v) is 5.90. The molecule has 0 bridgehead atoms. The second-order valence-electron chi connectivity index (χ2n) is 4.74. The lowest BCUT2D eigenvalue weighted by molar-refractivity contribution is 0.0984. The Kier molecular flexibility index (Phi) is 3.33. The molecular weight excluding hydrogens is 216 g/mol. The molecule has 1 aromatic carbocycles. The molecule has 0 radical (unpaired) electrons. The van der Waals surface area contributed by atoms with Gasteiger partial charge in [-0.15, -0.1) is 0 Å². The number of aryl methyl sites for hydroxylation is 1. The Morgan fingerprint density at radius 3 is 2.76 bits per heavy atom. The maximum atomic E-state index is 11.8. The van der Waals surface area contributed by atoms with Crippen molar-refractivity contribution in [3.05, 3.63) is 29.8 Å². The topological polar surface area (TPSA) is 61.4 Å². The third kappa shape index (κ3) is 2.77. The van der Waals surface area contributed by atoms with Gasteiger partial charge in [0.2, 0.25) is 0 Å². The summed E-state index contributed by atoms with van der Waals surface area (Å²) in [5.41, 5.74) is 1.48. The van der Waals surface area contributed by atoms with Crippen LogP contribution >= 0.6 is 0 Å². The summed E-state index contributed by atoms with van der Waals surface area (Å²) in [6.07, 6.45) is 2.76. The number of aliphatic hydroxyl groups excluding tert-OH is 1. The molecule has 92 valence electrons. The Hall–Kier alpha value is -1.55. The number of hydrogen-bond acceptors (Lipinski definition) is 2. The molecule has 1 saturated carbocycles. The monoisotopic (exact) mass is 234 g/mol. The number of carbonyl (C=O) groups excluding carboxylic acids is 1. The van der Waals surface area contributed by atoms with E-state index >= 15 is 0 Å². The van der Waals surface area contributed by atoms with E-state index in [9.17, 15) is 9.90 Å². The van der Waals surface area contributed by atoms with Crippen LogP contribution in [0.5, 0.6) is 0 Å². The van der Waals surface area contributed by atoms with Crippen molar-refractivity contribution in [1.82, 2.24) is 5.32 Å². The zero-order valence-electron chi connectivity index (χ0n) is 9.99. The van der Waals surface area contributed by atoms with Gasteiger partial charge in [0.05, 0.1) is 12.1 Å². The summed E-state index contributed by atoms with van der Waals surface area (Å²) in [6.45, 7) is 1.98. The number of anilines is 1. The lowest BCUT2D eigenvalue weighted by atomic mass is 9.77. The molecule has 3 N–H and O–H groups in total. The molecule has 4 heteroatoms. The number of amides is 2. The second kappa shape index (κ2) is 4.75. The summed E-state index contributed by atoms with van der Waals surface area (Å²) in [7, 11) is 0. The molecule has 2 rings (SSSR count). The summed E-state index contributed by atoms with van der Waals surface area (Å²) >= 11 is 0. The highest BCUT2D eigenvalue weighted by Crippen LogP contribution is 2.31. The van der Waals surface area contributed by atoms with Crippen LogP contribution in [0.15, 0.2) is 24.3 Å². The molecule has 2 amide bonds. The second-order valence-corrected chi connectivity index (χ2v) is 4.74. The highest BCUT2D eigenvalue weighted by Gasteiger charge is 2.37. The summed E-state index contributed by atoms with van der Waals surface area (Å²) in [4.78, 5) is 11.8. The van der Waals surface area contributed by atoms with E-state index < -0.39 is 5.54 Å². The van der Waals surface area contributed by atoms with Gasteiger partial charge in [0.15, 0.2) is 0 Å². The number of carbonyl (C=O) groups is 1. The van der Waals surface area contributed by atoms with Crippen molar-refractivity contribution >= 4 is 11.7 Å². The fourth-order valence-corrected chi connectivity index (χ4v) is 2.05. The molecule has 17 heavy (non-hydrogen) atoms. The third-order valence-corrected chi connectivity index (χ3v) is 3.27. The van der Waals surface area contributed by atoms with Crippen molar-refractivity contribution in [1.29, 1.82) is 0 Å². The van der Waals surface area contributed by atoms with Crippen LogP contribution in [0.25, 0.3) is 0 Å². The fourth-order valence-electron chi connectivity index (χ4n) is 2.05. The number of benzene rings is 1. The Morgan fingerprint density at radius 1 is 1.47 bits per heavy atom. The van der Waals surface area contributed by atoms with E-state index in [4.69, 9.17) is 0 Å². The lowest BCUT2D eigenvalue weighted by Gasteiger charge is -2.40. The largest absolute Gasteiger partial charge is 0.394 e. The molecule has 0 aromatic heterocycles. The van der Waals surface area contributed by atoms with Gasteiger partial charge in [-0.3, -0.25) is 0 Å². The van der Waals surface area contributed by atoms with E-state index in [-0.39, 0.29) is 12.6 Å². The van der Waals surface area contributed by atoms with Crippen LogP contribution in [0.3, 0.4) is 0 Å². The van der Waals surface area contributed by atoms with Crippen molar-refractivity contribution in [2.45, 2.75) is 31.7 Å². The van der Waals surface area contributed by atoms with Crippen molar-refractivity contribution in [2.75, 3.05) is 11.9 Å². The zero-order valence-corrected chi connectivity index (χ0v) is 9.99. The fraction of sp³-hybridized carbons (Fsp3) is 0.462. The normalized spacial score (nSPS) is 17.1. The van der Waals surface area contributed by atoms with Crippen molar-refractivity contribution in [3.63, 3.8) is 0 Å². The average molecular weight is 234 g/mol. The molecular formula is C13H18N2O2. The third-order valence-electron chi connectivity index (χ3n) is 3.27. The quantitative estimate of drug-likeness (QED) is 0.749. The predicted molar refractivity (Wildman–Crippen MR) is 67.0 cm³/mol. The molecule has 0 saturated heterocycles. The summed E-state index contributed by atoms with van der Waals surface area (Å²) in [5, 5.41) is 14.9. The molecule has 1 fully saturated rings. The first-order chi connectivity index (χ1) is 8.13. The number of nitrogens with one attached hydrogen (secondary N) is 2. The van der Waals surface area contributed by atoms with Gasteiger partial charge in [-0.25, -0.2) is 4.79 Å². The van der Waals surface area contributed by atoms with Crippen molar-refractivity contribution in [2.24, 2.45) is 0 Å². The molecule has 1 aliphatic carbocycles. The molecule has 0 heterocycles. The smallest absolute Gasteiger partial charge is 0.319 e. The number of rotatable bonds is 3. The molecule has 1 aliphatic rings. The first kappa shape index (κ1) is 11.9. The van der Waals surface area contributed by atoms with E-state index in [2.05, 4.69) is 10.6 Å². The first-order valence-electron chi connectivity index (χ1n) is 5.90. The molecule has 1 aromatic rings. The number of hydrogen-bond donors (Lipinski definition) is 3. The Labute approximate surface area is 101 Å². The number of urea groups is 1. The van der Waals surface area contributed by atoms with Crippen LogP contribution in [0.2, 0.25) is 0 Å². The van der Waals surface area contributed by atoms with Crippen molar-refractivity contribution in [3.8, 4) is 0 Å². The van der Waals surface area contributed by atoms with Gasteiger partial charge in [-0.1, -0.05) is 12.1 Å². The minimum Gasteiger partial charge on any atom is -0.394 e. The highest BCUT2D eigenvalue weighted by atomic mass is 16.3. The standard InChI is InChI=1S/C13H18N2O2/c1-10-4-2-5-11(8-10)14-12(17)15-13(9-16)6-3-7-13/h2,4-5,8,16H,3,6-7,9H2,1H3,(H2,14,15,17). The van der Waals surface area contributed by atoms with Crippen LogP contribution in [0.1, 0.15) is 24.8 Å². The van der Waals surface area contributed by atoms with Crippen LogP contribution in [0.4, 0.5) is 10.5 Å². The Bertz CT molecular complexity index is 408. The minimum absolute atomic E-state index is 0.00817. The van der Waals surface area contributed by atoms with Crippen LogP contribution in [0, 0.1) is 6.92 Å².